The van der Waals surface area contributed by atoms with Crippen LogP contribution in [0.15, 0.2) is 18.2 Å². The third-order valence-electron chi connectivity index (χ3n) is 5.48. The zero-order valence-electron chi connectivity index (χ0n) is 16.1. The summed E-state index contributed by atoms with van der Waals surface area (Å²) in [5.41, 5.74) is 1.10. The Bertz CT molecular complexity index is 571. The van der Waals surface area contributed by atoms with E-state index in [1.54, 1.807) is 6.07 Å². The van der Waals surface area contributed by atoms with Crippen LogP contribution in [0.4, 0.5) is 0 Å². The molecule has 1 N–H and O–H groups in total. The lowest BCUT2D eigenvalue weighted by molar-refractivity contribution is -0.126. The second-order valence-electron chi connectivity index (χ2n) is 7.45. The highest BCUT2D eigenvalue weighted by Crippen LogP contribution is 2.25. The van der Waals surface area contributed by atoms with Crippen LogP contribution in [0.2, 0.25) is 10.0 Å². The summed E-state index contributed by atoms with van der Waals surface area (Å²) in [6.07, 6.45) is 6.67. The lowest BCUT2D eigenvalue weighted by Crippen LogP contribution is -2.41. The molecule has 3 nitrogen and oxygen atoms in total. The summed E-state index contributed by atoms with van der Waals surface area (Å²) < 4.78 is 0. The minimum atomic E-state index is 0.149. The number of carbonyl (C=O) groups is 1. The SMILES string of the molecule is CCCC[C@H](CC)CNC(=O)C1CCN(Cc2ccc(Cl)cc2Cl)CC1. The van der Waals surface area contributed by atoms with E-state index in [9.17, 15) is 4.79 Å². The van der Waals surface area contributed by atoms with Crippen molar-refractivity contribution in [3.8, 4) is 0 Å². The van der Waals surface area contributed by atoms with Gasteiger partial charge in [-0.3, -0.25) is 9.69 Å². The summed E-state index contributed by atoms with van der Waals surface area (Å²) in [6.45, 7) is 7.95. The van der Waals surface area contributed by atoms with E-state index in [0.29, 0.717) is 10.9 Å². The first-order valence-electron chi connectivity index (χ1n) is 9.97. The minimum absolute atomic E-state index is 0.149. The first-order valence-corrected chi connectivity index (χ1v) is 10.7. The molecule has 1 amide bonds. The maximum atomic E-state index is 12.5. The Balaban J connectivity index is 1.74. The van der Waals surface area contributed by atoms with Gasteiger partial charge in [-0.25, -0.2) is 0 Å². The van der Waals surface area contributed by atoms with E-state index in [0.717, 1.165) is 56.0 Å². The minimum Gasteiger partial charge on any atom is -0.356 e. The molecule has 0 bridgehead atoms. The third kappa shape index (κ3) is 6.75. The van der Waals surface area contributed by atoms with Gasteiger partial charge in [0.1, 0.15) is 0 Å². The average molecular weight is 399 g/mol. The van der Waals surface area contributed by atoms with Crippen molar-refractivity contribution in [1.82, 2.24) is 10.2 Å². The molecule has 0 spiro atoms. The molecule has 0 saturated carbocycles. The van der Waals surface area contributed by atoms with Crippen LogP contribution in [0, 0.1) is 11.8 Å². The largest absolute Gasteiger partial charge is 0.356 e. The number of hydrogen-bond donors (Lipinski definition) is 1. The lowest BCUT2D eigenvalue weighted by atomic mass is 9.94. The molecule has 1 fully saturated rings. The number of benzene rings is 1. The molecule has 26 heavy (non-hydrogen) atoms. The first kappa shape index (κ1) is 21.5. The molecule has 0 radical (unpaired) electrons. The molecule has 1 saturated heterocycles. The standard InChI is InChI=1S/C21H32Cl2N2O/c1-3-5-6-16(4-2)14-24-21(26)17-9-11-25(12-10-17)15-18-7-8-19(22)13-20(18)23/h7-8,13,16-17H,3-6,9-12,14-15H2,1-2H3,(H,24,26)/t16-/m0/s1. The van der Waals surface area contributed by atoms with Crippen molar-refractivity contribution in [3.63, 3.8) is 0 Å². The van der Waals surface area contributed by atoms with Crippen LogP contribution in [0.1, 0.15) is 57.9 Å². The highest BCUT2D eigenvalue weighted by molar-refractivity contribution is 6.35. The van der Waals surface area contributed by atoms with Gasteiger partial charge >= 0.3 is 0 Å². The summed E-state index contributed by atoms with van der Waals surface area (Å²) in [5.74, 6) is 1.01. The Morgan fingerprint density at radius 1 is 1.27 bits per heavy atom. The molecule has 5 heteroatoms. The Labute approximate surface area is 168 Å². The molecule has 1 aromatic carbocycles. The number of halogens is 2. The van der Waals surface area contributed by atoms with Crippen molar-refractivity contribution in [3.05, 3.63) is 33.8 Å². The van der Waals surface area contributed by atoms with Gasteiger partial charge in [-0.15, -0.1) is 0 Å². The lowest BCUT2D eigenvalue weighted by Gasteiger charge is -2.31. The van der Waals surface area contributed by atoms with Crippen molar-refractivity contribution >= 4 is 29.1 Å². The number of unbranched alkanes of at least 4 members (excludes halogenated alkanes) is 1. The van der Waals surface area contributed by atoms with Gasteiger partial charge in [0.05, 0.1) is 0 Å². The molecule has 0 aliphatic carbocycles. The average Bonchev–Trinajstić information content (AvgIpc) is 2.64. The van der Waals surface area contributed by atoms with Crippen molar-refractivity contribution in [1.29, 1.82) is 0 Å². The van der Waals surface area contributed by atoms with Gasteiger partial charge in [0.25, 0.3) is 0 Å². The van der Waals surface area contributed by atoms with Crippen molar-refractivity contribution in [2.75, 3.05) is 19.6 Å². The van der Waals surface area contributed by atoms with Crippen LogP contribution >= 0.6 is 23.2 Å². The summed E-state index contributed by atoms with van der Waals surface area (Å²) in [6, 6.07) is 5.66. The van der Waals surface area contributed by atoms with Crippen LogP contribution in [0.5, 0.6) is 0 Å². The van der Waals surface area contributed by atoms with Crippen molar-refractivity contribution in [2.24, 2.45) is 11.8 Å². The second kappa shape index (κ2) is 11.2. The molecule has 1 heterocycles. The summed E-state index contributed by atoms with van der Waals surface area (Å²) in [5, 5.41) is 4.58. The Morgan fingerprint density at radius 2 is 2.00 bits per heavy atom. The number of hydrogen-bond acceptors (Lipinski definition) is 2. The van der Waals surface area contributed by atoms with Gasteiger partial charge in [-0.2, -0.15) is 0 Å². The highest BCUT2D eigenvalue weighted by atomic mass is 35.5. The van der Waals surface area contributed by atoms with Gasteiger partial charge in [-0.1, -0.05) is 62.4 Å². The van der Waals surface area contributed by atoms with Gasteiger partial charge in [0, 0.05) is 29.1 Å². The number of nitrogens with one attached hydrogen (secondary N) is 1. The zero-order valence-corrected chi connectivity index (χ0v) is 17.6. The number of carbonyl (C=O) groups excluding carboxylic acids is 1. The van der Waals surface area contributed by atoms with Gasteiger partial charge in [-0.05, 0) is 56.0 Å². The first-order chi connectivity index (χ1) is 12.5. The predicted molar refractivity (Wildman–Crippen MR) is 111 cm³/mol. The number of piperidine rings is 1. The van der Waals surface area contributed by atoms with Gasteiger partial charge < -0.3 is 5.32 Å². The predicted octanol–water partition coefficient (Wildman–Crippen LogP) is 5.54. The van der Waals surface area contributed by atoms with Gasteiger partial charge in [0.2, 0.25) is 5.91 Å². The van der Waals surface area contributed by atoms with E-state index in [4.69, 9.17) is 23.2 Å². The second-order valence-corrected chi connectivity index (χ2v) is 8.29. The van der Waals surface area contributed by atoms with Crippen LogP contribution in [-0.2, 0) is 11.3 Å². The molecule has 1 aliphatic heterocycles. The fraction of sp³-hybridized carbons (Fsp3) is 0.667. The maximum absolute atomic E-state index is 12.5. The van der Waals surface area contributed by atoms with E-state index in [1.807, 2.05) is 12.1 Å². The van der Waals surface area contributed by atoms with E-state index < -0.39 is 0 Å². The van der Waals surface area contributed by atoms with E-state index in [-0.39, 0.29) is 11.8 Å². The summed E-state index contributed by atoms with van der Waals surface area (Å²) in [7, 11) is 0. The van der Waals surface area contributed by atoms with Gasteiger partial charge in [0.15, 0.2) is 0 Å². The molecule has 146 valence electrons. The van der Waals surface area contributed by atoms with Crippen LogP contribution in [0.25, 0.3) is 0 Å². The van der Waals surface area contributed by atoms with Crippen LogP contribution < -0.4 is 5.32 Å². The number of likely N-dealkylation sites (tertiary alicyclic amines) is 1. The Hall–Kier alpha value is -0.770. The van der Waals surface area contributed by atoms with Crippen LogP contribution in [-0.4, -0.2) is 30.4 Å². The van der Waals surface area contributed by atoms with E-state index in [1.165, 1.54) is 19.3 Å². The highest BCUT2D eigenvalue weighted by Gasteiger charge is 2.25. The normalized spacial score (nSPS) is 17.2. The monoisotopic (exact) mass is 398 g/mol. The number of amides is 1. The van der Waals surface area contributed by atoms with Crippen LogP contribution in [0.3, 0.4) is 0 Å². The molecular weight excluding hydrogens is 367 g/mol. The smallest absolute Gasteiger partial charge is 0.223 e. The molecule has 0 aromatic heterocycles. The maximum Gasteiger partial charge on any atom is 0.223 e. The molecular formula is C21H32Cl2N2O. The number of nitrogens with zero attached hydrogens (tertiary/aromatic N) is 1. The fourth-order valence-corrected chi connectivity index (χ4v) is 4.04. The fourth-order valence-electron chi connectivity index (χ4n) is 3.58. The Kier molecular flexibility index (Phi) is 9.24. The third-order valence-corrected chi connectivity index (χ3v) is 6.06. The van der Waals surface area contributed by atoms with Crippen molar-refractivity contribution < 1.29 is 4.79 Å². The quantitative estimate of drug-likeness (QED) is 0.592. The topological polar surface area (TPSA) is 32.3 Å². The van der Waals surface area contributed by atoms with Crippen molar-refractivity contribution in [2.45, 2.75) is 58.9 Å². The summed E-state index contributed by atoms with van der Waals surface area (Å²) >= 11 is 12.2. The summed E-state index contributed by atoms with van der Waals surface area (Å²) in [4.78, 5) is 14.9. The Morgan fingerprint density at radius 3 is 2.62 bits per heavy atom. The van der Waals surface area contributed by atoms with E-state index in [2.05, 4.69) is 24.1 Å². The van der Waals surface area contributed by atoms with E-state index >= 15 is 0 Å². The molecule has 2 rings (SSSR count). The number of rotatable bonds is 9. The molecule has 1 aromatic rings. The molecule has 1 atom stereocenters. The zero-order chi connectivity index (χ0) is 18.9. The molecule has 1 aliphatic rings. The molecule has 0 unspecified atom stereocenters.